The minimum absolute atomic E-state index is 0.108. The Morgan fingerprint density at radius 1 is 1.23 bits per heavy atom. The van der Waals surface area contributed by atoms with Gasteiger partial charge in [-0.15, -0.1) is 0 Å². The fraction of sp³-hybridized carbons (Fsp3) is 1.00. The van der Waals surface area contributed by atoms with Crippen molar-refractivity contribution in [3.8, 4) is 0 Å². The molecule has 0 aromatic carbocycles. The summed E-state index contributed by atoms with van der Waals surface area (Å²) in [6.45, 7) is 3.94. The number of rotatable bonds is 0. The van der Waals surface area contributed by atoms with Crippen molar-refractivity contribution >= 4 is 0 Å². The molecule has 2 saturated carbocycles. The highest BCUT2D eigenvalue weighted by Gasteiger charge is 2.67. The first-order valence-corrected chi connectivity index (χ1v) is 4.96. The molecule has 1 spiro atoms. The van der Waals surface area contributed by atoms with Crippen LogP contribution in [0.4, 0.5) is 8.78 Å². The number of halogens is 2. The van der Waals surface area contributed by atoms with Gasteiger partial charge < -0.3 is 5.11 Å². The highest BCUT2D eigenvalue weighted by atomic mass is 19.3. The van der Waals surface area contributed by atoms with Crippen molar-refractivity contribution in [3.05, 3.63) is 0 Å². The summed E-state index contributed by atoms with van der Waals surface area (Å²) in [5, 5.41) is 9.74. The molecule has 3 heteroatoms. The Bertz CT molecular complexity index is 219. The van der Waals surface area contributed by atoms with E-state index in [1.807, 2.05) is 13.8 Å². The van der Waals surface area contributed by atoms with E-state index in [9.17, 15) is 13.9 Å². The summed E-state index contributed by atoms with van der Waals surface area (Å²) in [5.41, 5.74) is -0.457. The second-order valence-corrected chi connectivity index (χ2v) is 4.78. The molecule has 13 heavy (non-hydrogen) atoms. The molecule has 0 aromatic heterocycles. The van der Waals surface area contributed by atoms with Crippen LogP contribution >= 0.6 is 0 Å². The van der Waals surface area contributed by atoms with Gasteiger partial charge in [-0.2, -0.15) is 0 Å². The number of hydrogen-bond donors (Lipinski definition) is 1. The van der Waals surface area contributed by atoms with Crippen LogP contribution in [-0.4, -0.2) is 17.1 Å². The lowest BCUT2D eigenvalue weighted by molar-refractivity contribution is -0.108. The summed E-state index contributed by atoms with van der Waals surface area (Å²) < 4.78 is 26.3. The highest BCUT2D eigenvalue weighted by molar-refractivity contribution is 5.14. The van der Waals surface area contributed by atoms with Crippen LogP contribution in [-0.2, 0) is 0 Å². The maximum atomic E-state index is 13.1. The van der Waals surface area contributed by atoms with Crippen LogP contribution < -0.4 is 0 Å². The molecule has 0 heterocycles. The van der Waals surface area contributed by atoms with Crippen molar-refractivity contribution in [2.45, 2.75) is 45.1 Å². The van der Waals surface area contributed by atoms with Crippen molar-refractivity contribution in [1.82, 2.24) is 0 Å². The van der Waals surface area contributed by atoms with E-state index in [2.05, 4.69) is 0 Å². The quantitative estimate of drug-likeness (QED) is 0.622. The zero-order chi connectivity index (χ0) is 9.85. The minimum Gasteiger partial charge on any atom is -0.393 e. The topological polar surface area (TPSA) is 20.2 Å². The van der Waals surface area contributed by atoms with Crippen LogP contribution in [0.1, 0.15) is 33.1 Å². The average molecular weight is 190 g/mol. The van der Waals surface area contributed by atoms with E-state index in [0.29, 0.717) is 0 Å². The molecular formula is C10H16F2O. The second kappa shape index (κ2) is 2.44. The molecule has 2 rings (SSSR count). The van der Waals surface area contributed by atoms with Gasteiger partial charge in [0.1, 0.15) is 0 Å². The lowest BCUT2D eigenvalue weighted by atomic mass is 9.78. The first-order valence-electron chi connectivity index (χ1n) is 4.96. The zero-order valence-corrected chi connectivity index (χ0v) is 8.06. The summed E-state index contributed by atoms with van der Waals surface area (Å²) in [4.78, 5) is 0. The Morgan fingerprint density at radius 3 is 2.15 bits per heavy atom. The first-order chi connectivity index (χ1) is 5.90. The van der Waals surface area contributed by atoms with Crippen LogP contribution in [0.25, 0.3) is 0 Å². The van der Waals surface area contributed by atoms with E-state index >= 15 is 0 Å². The summed E-state index contributed by atoms with van der Waals surface area (Å²) in [7, 11) is 0. The SMILES string of the molecule is CC1[C@@H](C)C12CC(F)(F)CC[C@@H]2O. The van der Waals surface area contributed by atoms with Crippen molar-refractivity contribution < 1.29 is 13.9 Å². The van der Waals surface area contributed by atoms with Gasteiger partial charge >= 0.3 is 0 Å². The molecule has 2 fully saturated rings. The molecule has 2 unspecified atom stereocenters. The summed E-state index contributed by atoms with van der Waals surface area (Å²) in [5.74, 6) is -2.03. The molecule has 2 aliphatic carbocycles. The molecule has 0 aliphatic heterocycles. The van der Waals surface area contributed by atoms with Crippen LogP contribution in [0.15, 0.2) is 0 Å². The Hall–Kier alpha value is -0.180. The molecule has 4 atom stereocenters. The van der Waals surface area contributed by atoms with E-state index in [-0.39, 0.29) is 31.1 Å². The standard InChI is InChI=1S/C10H16F2O/c1-6-7(2)10(6)5-9(11,12)4-3-8(10)13/h6-8,13H,3-5H2,1-2H3/t6-,7?,8+,10?/m1/s1. The highest BCUT2D eigenvalue weighted by Crippen LogP contribution is 2.67. The third-order valence-electron chi connectivity index (χ3n) is 4.31. The largest absolute Gasteiger partial charge is 0.393 e. The Labute approximate surface area is 77.1 Å². The second-order valence-electron chi connectivity index (χ2n) is 4.78. The Kier molecular flexibility index (Phi) is 1.76. The lowest BCUT2D eigenvalue weighted by Crippen LogP contribution is -2.39. The predicted octanol–water partition coefficient (Wildman–Crippen LogP) is 2.44. The van der Waals surface area contributed by atoms with Crippen LogP contribution in [0, 0.1) is 17.3 Å². The summed E-state index contributed by atoms with van der Waals surface area (Å²) in [6, 6.07) is 0. The molecule has 0 aromatic rings. The molecule has 76 valence electrons. The normalized spacial score (nSPS) is 53.8. The number of hydrogen-bond acceptors (Lipinski definition) is 1. The van der Waals surface area contributed by atoms with Gasteiger partial charge in [-0.3, -0.25) is 0 Å². The molecule has 2 aliphatic rings. The monoisotopic (exact) mass is 190 g/mol. The molecule has 0 radical (unpaired) electrons. The fourth-order valence-corrected chi connectivity index (χ4v) is 3.09. The minimum atomic E-state index is -2.54. The summed E-state index contributed by atoms with van der Waals surface area (Å²) in [6.07, 6.45) is -0.488. The average Bonchev–Trinajstić information content (AvgIpc) is 2.52. The third kappa shape index (κ3) is 1.13. The molecule has 0 bridgehead atoms. The smallest absolute Gasteiger partial charge is 0.248 e. The van der Waals surface area contributed by atoms with Gasteiger partial charge in [0.15, 0.2) is 0 Å². The van der Waals surface area contributed by atoms with Gasteiger partial charge in [0, 0.05) is 18.3 Å². The van der Waals surface area contributed by atoms with Crippen molar-refractivity contribution in [1.29, 1.82) is 0 Å². The van der Waals surface area contributed by atoms with Crippen molar-refractivity contribution in [3.63, 3.8) is 0 Å². The molecule has 0 amide bonds. The Balaban J connectivity index is 2.19. The van der Waals surface area contributed by atoms with Crippen LogP contribution in [0.5, 0.6) is 0 Å². The molecule has 0 saturated heterocycles. The van der Waals surface area contributed by atoms with E-state index in [1.54, 1.807) is 0 Å². The summed E-state index contributed by atoms with van der Waals surface area (Å²) >= 11 is 0. The number of alkyl halides is 2. The Morgan fingerprint density at radius 2 is 1.77 bits per heavy atom. The van der Waals surface area contributed by atoms with E-state index in [0.717, 1.165) is 0 Å². The lowest BCUT2D eigenvalue weighted by Gasteiger charge is -2.34. The van der Waals surface area contributed by atoms with Gasteiger partial charge in [0.2, 0.25) is 5.92 Å². The van der Waals surface area contributed by atoms with Crippen molar-refractivity contribution in [2.24, 2.45) is 17.3 Å². The fourth-order valence-electron chi connectivity index (χ4n) is 3.09. The van der Waals surface area contributed by atoms with Crippen LogP contribution in [0.2, 0.25) is 0 Å². The van der Waals surface area contributed by atoms with E-state index in [1.165, 1.54) is 0 Å². The first kappa shape index (κ1) is 9.38. The maximum Gasteiger partial charge on any atom is 0.248 e. The van der Waals surface area contributed by atoms with Gasteiger partial charge in [-0.25, -0.2) is 8.78 Å². The van der Waals surface area contributed by atoms with Gasteiger partial charge in [0.05, 0.1) is 6.10 Å². The maximum absolute atomic E-state index is 13.1. The van der Waals surface area contributed by atoms with E-state index < -0.39 is 17.4 Å². The van der Waals surface area contributed by atoms with Gasteiger partial charge in [0.25, 0.3) is 0 Å². The van der Waals surface area contributed by atoms with Gasteiger partial charge in [-0.05, 0) is 18.3 Å². The third-order valence-corrected chi connectivity index (χ3v) is 4.31. The number of aliphatic hydroxyl groups excluding tert-OH is 1. The molecule has 1 N–H and O–H groups in total. The van der Waals surface area contributed by atoms with Crippen LogP contribution in [0.3, 0.4) is 0 Å². The van der Waals surface area contributed by atoms with Gasteiger partial charge in [-0.1, -0.05) is 13.8 Å². The zero-order valence-electron chi connectivity index (χ0n) is 8.06. The number of aliphatic hydroxyl groups is 1. The van der Waals surface area contributed by atoms with E-state index in [4.69, 9.17) is 0 Å². The molecule has 1 nitrogen and oxygen atoms in total. The van der Waals surface area contributed by atoms with Crippen molar-refractivity contribution in [2.75, 3.05) is 0 Å². The molecular weight excluding hydrogens is 174 g/mol. The predicted molar refractivity (Wildman–Crippen MR) is 45.6 cm³/mol.